The molecule has 1 aliphatic rings. The van der Waals surface area contributed by atoms with Crippen LogP contribution in [0.4, 0.5) is 0 Å². The van der Waals surface area contributed by atoms with Gasteiger partial charge in [-0.3, -0.25) is 4.79 Å². The maximum atomic E-state index is 12.4. The van der Waals surface area contributed by atoms with Crippen LogP contribution < -0.4 is 0 Å². The van der Waals surface area contributed by atoms with Crippen LogP contribution in [0.5, 0.6) is 0 Å². The van der Waals surface area contributed by atoms with Gasteiger partial charge in [0.15, 0.2) is 0 Å². The number of rotatable bonds is 3. The van der Waals surface area contributed by atoms with Crippen LogP contribution in [0.25, 0.3) is 11.1 Å². The molecule has 0 bridgehead atoms. The van der Waals surface area contributed by atoms with Gasteiger partial charge in [0, 0.05) is 27.8 Å². The largest absolute Gasteiger partial charge is 0.361 e. The van der Waals surface area contributed by atoms with Gasteiger partial charge in [-0.1, -0.05) is 36.0 Å². The van der Waals surface area contributed by atoms with Gasteiger partial charge in [-0.05, 0) is 49.6 Å². The second kappa shape index (κ2) is 6.82. The van der Waals surface area contributed by atoms with E-state index in [1.165, 1.54) is 27.0 Å². The second-order valence-corrected chi connectivity index (χ2v) is 8.34. The quantitative estimate of drug-likeness (QED) is 0.603. The van der Waals surface area contributed by atoms with E-state index in [1.807, 2.05) is 24.8 Å². The summed E-state index contributed by atoms with van der Waals surface area (Å²) in [5, 5.41) is 4.13. The van der Waals surface area contributed by atoms with Crippen molar-refractivity contribution in [3.8, 4) is 11.1 Å². The van der Waals surface area contributed by atoms with Crippen molar-refractivity contribution in [3.05, 3.63) is 75.3 Å². The smallest absolute Gasteiger partial charge is 0.246 e. The predicted octanol–water partition coefficient (Wildman–Crippen LogP) is 4.99. The summed E-state index contributed by atoms with van der Waals surface area (Å²) in [6.45, 7) is 11.0. The third kappa shape index (κ3) is 3.02. The number of carbonyl (C=O) groups is 1. The van der Waals surface area contributed by atoms with Gasteiger partial charge >= 0.3 is 0 Å². The number of carbonyl (C=O) groups excluding carboxylic acids is 1. The zero-order chi connectivity index (χ0) is 19.1. The fourth-order valence-electron chi connectivity index (χ4n) is 4.02. The highest BCUT2D eigenvalue weighted by Crippen LogP contribution is 2.42. The monoisotopic (exact) mass is 378 g/mol. The first-order chi connectivity index (χ1) is 13.0. The van der Waals surface area contributed by atoms with E-state index in [1.54, 1.807) is 11.3 Å². The molecule has 138 valence electrons. The van der Waals surface area contributed by atoms with Crippen LogP contribution in [-0.4, -0.2) is 22.5 Å². The highest BCUT2D eigenvalue weighted by Gasteiger charge is 2.32. The number of nitrogens with zero attached hydrogens (tertiary/aromatic N) is 2. The molecule has 1 atom stereocenters. The number of hydrogen-bond acceptors (Lipinski definition) is 4. The summed E-state index contributed by atoms with van der Waals surface area (Å²) in [4.78, 5) is 16.8. The van der Waals surface area contributed by atoms with Crippen LogP contribution in [0.2, 0.25) is 0 Å². The molecule has 4 rings (SSSR count). The van der Waals surface area contributed by atoms with E-state index in [-0.39, 0.29) is 11.8 Å². The summed E-state index contributed by atoms with van der Waals surface area (Å²) < 4.78 is 5.42. The summed E-state index contributed by atoms with van der Waals surface area (Å²) in [5.41, 5.74) is 5.58. The fraction of sp³-hybridized carbons (Fsp3) is 0.273. The zero-order valence-electron chi connectivity index (χ0n) is 15.8. The SMILES string of the molecule is C=CC(=O)N1Cc2sc(C)cc2[C@H](c2ccccc2-c2c(C)noc2C)C1. The highest BCUT2D eigenvalue weighted by atomic mass is 32.1. The van der Waals surface area contributed by atoms with Crippen molar-refractivity contribution in [2.24, 2.45) is 0 Å². The second-order valence-electron chi connectivity index (χ2n) is 7.00. The summed E-state index contributed by atoms with van der Waals surface area (Å²) in [7, 11) is 0. The van der Waals surface area contributed by atoms with Crippen LogP contribution in [0.3, 0.4) is 0 Å². The molecule has 0 unspecified atom stereocenters. The van der Waals surface area contributed by atoms with Crippen molar-refractivity contribution in [2.75, 3.05) is 6.54 Å². The molecule has 2 aromatic heterocycles. The molecular formula is C22H22N2O2S. The molecule has 4 nitrogen and oxygen atoms in total. The van der Waals surface area contributed by atoms with E-state index < -0.39 is 0 Å². The average molecular weight is 378 g/mol. The number of aryl methyl sites for hydroxylation is 3. The van der Waals surface area contributed by atoms with Gasteiger partial charge < -0.3 is 9.42 Å². The van der Waals surface area contributed by atoms with E-state index in [2.05, 4.69) is 42.9 Å². The van der Waals surface area contributed by atoms with Gasteiger partial charge in [0.25, 0.3) is 0 Å². The number of benzene rings is 1. The lowest BCUT2D eigenvalue weighted by molar-refractivity contribution is -0.127. The normalized spacial score (nSPS) is 16.3. The lowest BCUT2D eigenvalue weighted by Crippen LogP contribution is -2.37. The third-order valence-electron chi connectivity index (χ3n) is 5.20. The van der Waals surface area contributed by atoms with Gasteiger partial charge in [0.1, 0.15) is 5.76 Å². The molecule has 0 saturated carbocycles. The number of aromatic nitrogens is 1. The lowest BCUT2D eigenvalue weighted by Gasteiger charge is -2.33. The van der Waals surface area contributed by atoms with Gasteiger partial charge in [-0.2, -0.15) is 0 Å². The van der Waals surface area contributed by atoms with Crippen molar-refractivity contribution >= 4 is 17.2 Å². The molecule has 3 heterocycles. The van der Waals surface area contributed by atoms with Crippen LogP contribution in [-0.2, 0) is 11.3 Å². The number of thiophene rings is 1. The Labute approximate surface area is 163 Å². The van der Waals surface area contributed by atoms with Crippen molar-refractivity contribution in [2.45, 2.75) is 33.2 Å². The zero-order valence-corrected chi connectivity index (χ0v) is 16.6. The van der Waals surface area contributed by atoms with Crippen LogP contribution in [0.1, 0.15) is 38.3 Å². The van der Waals surface area contributed by atoms with Crippen LogP contribution in [0.15, 0.2) is 47.5 Å². The third-order valence-corrected chi connectivity index (χ3v) is 6.25. The van der Waals surface area contributed by atoms with Crippen molar-refractivity contribution in [1.82, 2.24) is 10.1 Å². The Hall–Kier alpha value is -2.66. The van der Waals surface area contributed by atoms with Crippen molar-refractivity contribution in [3.63, 3.8) is 0 Å². The topological polar surface area (TPSA) is 46.3 Å². The van der Waals surface area contributed by atoms with E-state index in [9.17, 15) is 4.79 Å². The minimum Gasteiger partial charge on any atom is -0.361 e. The first-order valence-electron chi connectivity index (χ1n) is 9.02. The minimum absolute atomic E-state index is 0.0217. The maximum Gasteiger partial charge on any atom is 0.246 e. The molecule has 0 fully saturated rings. The summed E-state index contributed by atoms with van der Waals surface area (Å²) in [6.07, 6.45) is 1.41. The minimum atomic E-state index is -0.0217. The van der Waals surface area contributed by atoms with Gasteiger partial charge in [-0.15, -0.1) is 11.3 Å². The highest BCUT2D eigenvalue weighted by molar-refractivity contribution is 7.12. The molecule has 1 aliphatic heterocycles. The Balaban J connectivity index is 1.88. The molecule has 0 spiro atoms. The summed E-state index contributed by atoms with van der Waals surface area (Å²) in [5.74, 6) is 0.913. The first-order valence-corrected chi connectivity index (χ1v) is 9.84. The van der Waals surface area contributed by atoms with Crippen LogP contribution >= 0.6 is 11.3 Å². The van der Waals surface area contributed by atoms with Crippen molar-refractivity contribution < 1.29 is 9.32 Å². The van der Waals surface area contributed by atoms with Gasteiger partial charge in [0.05, 0.1) is 12.2 Å². The number of fused-ring (bicyclic) bond motifs is 1. The Bertz CT molecular complexity index is 1010. The van der Waals surface area contributed by atoms with Gasteiger partial charge in [-0.25, -0.2) is 0 Å². The number of hydrogen-bond donors (Lipinski definition) is 0. The molecule has 0 N–H and O–H groups in total. The molecule has 5 heteroatoms. The molecule has 27 heavy (non-hydrogen) atoms. The summed E-state index contributed by atoms with van der Waals surface area (Å²) >= 11 is 1.77. The Morgan fingerprint density at radius 2 is 2.07 bits per heavy atom. The Kier molecular flexibility index (Phi) is 4.48. The molecule has 0 radical (unpaired) electrons. The first kappa shape index (κ1) is 17.7. The van der Waals surface area contributed by atoms with E-state index >= 15 is 0 Å². The van der Waals surface area contributed by atoms with E-state index in [0.29, 0.717) is 13.1 Å². The van der Waals surface area contributed by atoms with Crippen molar-refractivity contribution in [1.29, 1.82) is 0 Å². The predicted molar refractivity (Wildman–Crippen MR) is 108 cm³/mol. The molecular weight excluding hydrogens is 356 g/mol. The average Bonchev–Trinajstić information content (AvgIpc) is 3.21. The van der Waals surface area contributed by atoms with Crippen LogP contribution in [0, 0.1) is 20.8 Å². The van der Waals surface area contributed by atoms with Gasteiger partial charge in [0.2, 0.25) is 5.91 Å². The fourth-order valence-corrected chi connectivity index (χ4v) is 5.13. The van der Waals surface area contributed by atoms with E-state index in [0.717, 1.165) is 22.6 Å². The molecule has 0 aliphatic carbocycles. The standard InChI is InChI=1S/C22H22N2O2S/c1-5-21(25)24-11-19(18-10-13(2)27-20(18)12-24)16-8-6-7-9-17(16)22-14(3)23-26-15(22)4/h5-10,19H,1,11-12H2,2-4H3/t19-/m0/s1. The Morgan fingerprint density at radius 3 is 2.78 bits per heavy atom. The Morgan fingerprint density at radius 1 is 1.30 bits per heavy atom. The molecule has 0 saturated heterocycles. The summed E-state index contributed by atoms with van der Waals surface area (Å²) in [6, 6.07) is 10.6. The molecule has 1 amide bonds. The maximum absolute atomic E-state index is 12.4. The molecule has 1 aromatic carbocycles. The number of amides is 1. The van der Waals surface area contributed by atoms with E-state index in [4.69, 9.17) is 4.52 Å². The molecule has 3 aromatic rings. The lowest BCUT2D eigenvalue weighted by atomic mass is 9.83.